The lowest BCUT2D eigenvalue weighted by molar-refractivity contribution is -0.122. The molecule has 0 atom stereocenters. The van der Waals surface area contributed by atoms with Crippen molar-refractivity contribution in [1.29, 1.82) is 0 Å². The van der Waals surface area contributed by atoms with Crippen LogP contribution in [0.3, 0.4) is 0 Å². The first-order chi connectivity index (χ1) is 9.74. The number of hydrogen-bond donors (Lipinski definition) is 0. The quantitative estimate of drug-likeness (QED) is 0.725. The summed E-state index contributed by atoms with van der Waals surface area (Å²) < 4.78 is 10.6. The number of benzene rings is 2. The zero-order valence-electron chi connectivity index (χ0n) is 12.0. The highest BCUT2D eigenvalue weighted by Gasteiger charge is 2.08. The van der Waals surface area contributed by atoms with E-state index in [9.17, 15) is 4.79 Å². The second-order valence-electron chi connectivity index (χ2n) is 4.77. The van der Waals surface area contributed by atoms with Crippen LogP contribution in [0.25, 0.3) is 10.8 Å². The Morgan fingerprint density at radius 1 is 1.20 bits per heavy atom. The molecule has 3 heteroatoms. The molecular formula is C17H20O3. The fourth-order valence-electron chi connectivity index (χ4n) is 2.19. The van der Waals surface area contributed by atoms with Gasteiger partial charge in [0.2, 0.25) is 0 Å². The number of rotatable bonds is 7. The van der Waals surface area contributed by atoms with Crippen molar-refractivity contribution >= 4 is 16.6 Å². The monoisotopic (exact) mass is 272 g/mol. The highest BCUT2D eigenvalue weighted by atomic mass is 16.5. The standard InChI is InChI=1S/C17H20O3/c1-3-9-20-12-15(18)10-14-6-4-5-13-7-8-16(19-2)11-17(13)14/h4-8,11H,3,9-10,12H2,1-2H3. The van der Waals surface area contributed by atoms with Gasteiger partial charge in [-0.05, 0) is 34.9 Å². The van der Waals surface area contributed by atoms with Gasteiger partial charge in [-0.3, -0.25) is 4.79 Å². The third-order valence-electron chi connectivity index (χ3n) is 3.18. The Balaban J connectivity index is 2.18. The first-order valence-electron chi connectivity index (χ1n) is 6.89. The van der Waals surface area contributed by atoms with Crippen LogP contribution in [0.5, 0.6) is 5.75 Å². The van der Waals surface area contributed by atoms with E-state index < -0.39 is 0 Å². The van der Waals surface area contributed by atoms with Gasteiger partial charge in [-0.1, -0.05) is 31.2 Å². The van der Waals surface area contributed by atoms with E-state index in [4.69, 9.17) is 9.47 Å². The molecule has 0 fully saturated rings. The summed E-state index contributed by atoms with van der Waals surface area (Å²) in [6.45, 7) is 2.85. The number of hydrogen-bond acceptors (Lipinski definition) is 3. The summed E-state index contributed by atoms with van der Waals surface area (Å²) in [6.07, 6.45) is 1.33. The largest absolute Gasteiger partial charge is 0.497 e. The number of methoxy groups -OCH3 is 1. The number of fused-ring (bicyclic) bond motifs is 1. The van der Waals surface area contributed by atoms with E-state index in [0.717, 1.165) is 28.5 Å². The third-order valence-corrected chi connectivity index (χ3v) is 3.18. The molecule has 20 heavy (non-hydrogen) atoms. The van der Waals surface area contributed by atoms with E-state index in [2.05, 4.69) is 0 Å². The van der Waals surface area contributed by atoms with E-state index in [-0.39, 0.29) is 12.4 Å². The minimum absolute atomic E-state index is 0.105. The van der Waals surface area contributed by atoms with E-state index in [1.165, 1.54) is 0 Å². The Labute approximate surface area is 119 Å². The average Bonchev–Trinajstić information content (AvgIpc) is 2.47. The molecule has 3 nitrogen and oxygen atoms in total. The molecular weight excluding hydrogens is 252 g/mol. The number of Topliss-reactive ketones (excluding diaryl/α,β-unsaturated/α-hetero) is 1. The first kappa shape index (κ1) is 14.5. The zero-order valence-corrected chi connectivity index (χ0v) is 12.0. The molecule has 0 unspecified atom stereocenters. The lowest BCUT2D eigenvalue weighted by Crippen LogP contribution is -2.12. The van der Waals surface area contributed by atoms with Crippen molar-refractivity contribution in [2.75, 3.05) is 20.3 Å². The minimum Gasteiger partial charge on any atom is -0.497 e. The Morgan fingerprint density at radius 2 is 2.05 bits per heavy atom. The van der Waals surface area contributed by atoms with Crippen molar-refractivity contribution in [2.24, 2.45) is 0 Å². The van der Waals surface area contributed by atoms with Crippen LogP contribution in [-0.4, -0.2) is 26.1 Å². The molecule has 106 valence electrons. The van der Waals surface area contributed by atoms with E-state index >= 15 is 0 Å². The van der Waals surface area contributed by atoms with E-state index in [1.54, 1.807) is 7.11 Å². The SMILES string of the molecule is CCCOCC(=O)Cc1cccc2ccc(OC)cc12. The summed E-state index contributed by atoms with van der Waals surface area (Å²) in [5.74, 6) is 0.911. The maximum atomic E-state index is 11.9. The summed E-state index contributed by atoms with van der Waals surface area (Å²) >= 11 is 0. The molecule has 0 aliphatic rings. The van der Waals surface area contributed by atoms with E-state index in [1.807, 2.05) is 43.3 Å². The molecule has 0 aromatic heterocycles. The topological polar surface area (TPSA) is 35.5 Å². The van der Waals surface area contributed by atoms with Crippen LogP contribution in [0.4, 0.5) is 0 Å². The van der Waals surface area contributed by atoms with Crippen LogP contribution in [-0.2, 0) is 16.0 Å². The molecule has 0 heterocycles. The molecule has 2 rings (SSSR count). The molecule has 0 aliphatic heterocycles. The molecule has 0 N–H and O–H groups in total. The number of carbonyl (C=O) groups excluding carboxylic acids is 1. The lowest BCUT2D eigenvalue weighted by atomic mass is 10.0. The second kappa shape index (κ2) is 7.06. The first-order valence-corrected chi connectivity index (χ1v) is 6.89. The third kappa shape index (κ3) is 3.58. The molecule has 0 spiro atoms. The predicted molar refractivity (Wildman–Crippen MR) is 80.3 cm³/mol. The van der Waals surface area contributed by atoms with Gasteiger partial charge < -0.3 is 9.47 Å². The van der Waals surface area contributed by atoms with Crippen molar-refractivity contribution in [3.8, 4) is 5.75 Å². The molecule has 0 amide bonds. The maximum absolute atomic E-state index is 11.9. The fourth-order valence-corrected chi connectivity index (χ4v) is 2.19. The summed E-state index contributed by atoms with van der Waals surface area (Å²) in [7, 11) is 1.65. The number of carbonyl (C=O) groups is 1. The van der Waals surface area contributed by atoms with Gasteiger partial charge in [0, 0.05) is 13.0 Å². The fraction of sp³-hybridized carbons (Fsp3) is 0.353. The molecule has 0 aliphatic carbocycles. The van der Waals surface area contributed by atoms with Crippen molar-refractivity contribution in [1.82, 2.24) is 0 Å². The van der Waals surface area contributed by atoms with Gasteiger partial charge in [0.15, 0.2) is 5.78 Å². The van der Waals surface area contributed by atoms with Gasteiger partial charge in [0.25, 0.3) is 0 Å². The van der Waals surface area contributed by atoms with Crippen molar-refractivity contribution in [2.45, 2.75) is 19.8 Å². The van der Waals surface area contributed by atoms with Crippen molar-refractivity contribution < 1.29 is 14.3 Å². The second-order valence-corrected chi connectivity index (χ2v) is 4.77. The van der Waals surface area contributed by atoms with Crippen LogP contribution in [0, 0.1) is 0 Å². The molecule has 2 aromatic carbocycles. The Bertz CT molecular complexity index is 590. The van der Waals surface area contributed by atoms with Crippen molar-refractivity contribution in [3.05, 3.63) is 42.0 Å². The summed E-state index contributed by atoms with van der Waals surface area (Å²) in [6, 6.07) is 11.9. The Kier molecular flexibility index (Phi) is 5.13. The Hall–Kier alpha value is -1.87. The smallest absolute Gasteiger partial charge is 0.162 e. The van der Waals surface area contributed by atoms with Crippen LogP contribution in [0.2, 0.25) is 0 Å². The minimum atomic E-state index is 0.105. The normalized spacial score (nSPS) is 10.7. The van der Waals surface area contributed by atoms with Gasteiger partial charge in [0.05, 0.1) is 7.11 Å². The van der Waals surface area contributed by atoms with Gasteiger partial charge in [-0.15, -0.1) is 0 Å². The maximum Gasteiger partial charge on any atom is 0.162 e. The van der Waals surface area contributed by atoms with Crippen molar-refractivity contribution in [3.63, 3.8) is 0 Å². The van der Waals surface area contributed by atoms with Gasteiger partial charge in [0.1, 0.15) is 12.4 Å². The van der Waals surface area contributed by atoms with Gasteiger partial charge >= 0.3 is 0 Å². The van der Waals surface area contributed by atoms with Gasteiger partial charge in [-0.25, -0.2) is 0 Å². The predicted octanol–water partition coefficient (Wildman–Crippen LogP) is 3.39. The number of ether oxygens (including phenoxy) is 2. The van der Waals surface area contributed by atoms with Gasteiger partial charge in [-0.2, -0.15) is 0 Å². The Morgan fingerprint density at radius 3 is 2.80 bits per heavy atom. The number of ketones is 1. The lowest BCUT2D eigenvalue weighted by Gasteiger charge is -2.08. The summed E-state index contributed by atoms with van der Waals surface area (Å²) in [5.41, 5.74) is 1.02. The van der Waals surface area contributed by atoms with Crippen LogP contribution < -0.4 is 4.74 Å². The molecule has 2 aromatic rings. The molecule has 0 saturated heterocycles. The highest BCUT2D eigenvalue weighted by Crippen LogP contribution is 2.24. The molecule has 0 radical (unpaired) electrons. The summed E-state index contributed by atoms with van der Waals surface area (Å²) in [4.78, 5) is 11.9. The zero-order chi connectivity index (χ0) is 14.4. The summed E-state index contributed by atoms with van der Waals surface area (Å²) in [5, 5.41) is 2.18. The molecule has 0 bridgehead atoms. The van der Waals surface area contributed by atoms with Crippen LogP contribution >= 0.6 is 0 Å². The van der Waals surface area contributed by atoms with Crippen LogP contribution in [0.1, 0.15) is 18.9 Å². The molecule has 0 saturated carbocycles. The average molecular weight is 272 g/mol. The highest BCUT2D eigenvalue weighted by molar-refractivity contribution is 5.92. The van der Waals surface area contributed by atoms with Crippen LogP contribution in [0.15, 0.2) is 36.4 Å². The van der Waals surface area contributed by atoms with E-state index in [0.29, 0.717) is 13.0 Å².